The molecule has 57 heavy (non-hydrogen) atoms. The number of benzene rings is 3. The lowest BCUT2D eigenvalue weighted by atomic mass is 10.0. The Hall–Kier alpha value is -7.01. The zero-order chi connectivity index (χ0) is 41.1. The number of carboxylic acid groups (broad SMARTS) is 2. The molecule has 11 N–H and O–H groups in total. The van der Waals surface area contributed by atoms with Crippen LogP contribution in [0.25, 0.3) is 21.8 Å². The zero-order valence-electron chi connectivity index (χ0n) is 30.9. The highest BCUT2D eigenvalue weighted by atomic mass is 16.4. The predicted molar refractivity (Wildman–Crippen MR) is 208 cm³/mol. The van der Waals surface area contributed by atoms with Crippen molar-refractivity contribution in [3.8, 4) is 0 Å². The maximum Gasteiger partial charge on any atom is 0.322 e. The van der Waals surface area contributed by atoms with E-state index >= 15 is 0 Å². The molecule has 5 amide bonds. The van der Waals surface area contributed by atoms with Crippen LogP contribution >= 0.6 is 0 Å². The van der Waals surface area contributed by atoms with E-state index < -0.39 is 84.6 Å². The summed E-state index contributed by atoms with van der Waals surface area (Å²) in [4.78, 5) is 96.5. The lowest BCUT2D eigenvalue weighted by Gasteiger charge is -2.26. The van der Waals surface area contributed by atoms with E-state index in [-0.39, 0.29) is 19.3 Å². The van der Waals surface area contributed by atoms with E-state index in [0.29, 0.717) is 16.7 Å². The first-order chi connectivity index (χ1) is 27.3. The van der Waals surface area contributed by atoms with Crippen molar-refractivity contribution in [1.82, 2.24) is 36.6 Å². The molecule has 0 fully saturated rings. The maximum atomic E-state index is 14.2. The van der Waals surface area contributed by atoms with Crippen molar-refractivity contribution in [3.63, 3.8) is 0 Å². The van der Waals surface area contributed by atoms with Gasteiger partial charge in [-0.05, 0) is 35.7 Å². The minimum atomic E-state index is -1.47. The number of para-hydroxylation sites is 2. The van der Waals surface area contributed by atoms with Gasteiger partial charge in [-0.25, -0.2) is 0 Å². The average molecular weight is 781 g/mol. The summed E-state index contributed by atoms with van der Waals surface area (Å²) >= 11 is 0. The van der Waals surface area contributed by atoms with Crippen LogP contribution in [-0.2, 0) is 52.8 Å². The molecule has 2 heterocycles. The van der Waals surface area contributed by atoms with Gasteiger partial charge in [0.2, 0.25) is 29.5 Å². The third-order valence-electron chi connectivity index (χ3n) is 9.28. The molecule has 0 bridgehead atoms. The molecule has 2 aromatic heterocycles. The van der Waals surface area contributed by atoms with Crippen molar-refractivity contribution in [1.29, 1.82) is 0 Å². The van der Waals surface area contributed by atoms with Crippen LogP contribution in [0, 0.1) is 0 Å². The van der Waals surface area contributed by atoms with Crippen LogP contribution in [0.2, 0.25) is 0 Å². The molecule has 3 aromatic carbocycles. The number of hydrogen-bond acceptors (Lipinski definition) is 8. The number of hydrogen-bond donors (Lipinski definition) is 10. The molecule has 5 unspecified atom stereocenters. The van der Waals surface area contributed by atoms with Crippen molar-refractivity contribution in [3.05, 3.63) is 108 Å². The van der Waals surface area contributed by atoms with Gasteiger partial charge in [-0.3, -0.25) is 33.6 Å². The molecule has 5 aromatic rings. The zero-order valence-corrected chi connectivity index (χ0v) is 30.9. The molecule has 298 valence electrons. The smallest absolute Gasteiger partial charge is 0.322 e. The highest BCUT2D eigenvalue weighted by Gasteiger charge is 2.32. The molecule has 0 saturated carbocycles. The number of carboxylic acids is 2. The summed E-state index contributed by atoms with van der Waals surface area (Å²) in [6.07, 6.45) is 2.58. The Bertz CT molecular complexity index is 2250. The summed E-state index contributed by atoms with van der Waals surface area (Å²) < 4.78 is 0. The van der Waals surface area contributed by atoms with Crippen molar-refractivity contribution < 1.29 is 43.8 Å². The van der Waals surface area contributed by atoms with Gasteiger partial charge >= 0.3 is 11.9 Å². The van der Waals surface area contributed by atoms with Crippen LogP contribution in [0.15, 0.2) is 91.3 Å². The summed E-state index contributed by atoms with van der Waals surface area (Å²) in [6, 6.07) is 16.8. The highest BCUT2D eigenvalue weighted by molar-refractivity contribution is 5.97. The predicted octanol–water partition coefficient (Wildman–Crippen LogP) is 0.639. The summed E-state index contributed by atoms with van der Waals surface area (Å²) in [5.41, 5.74) is 9.38. The molecular weight excluding hydrogens is 736 g/mol. The quantitative estimate of drug-likeness (QED) is 0.0558. The van der Waals surface area contributed by atoms with Crippen molar-refractivity contribution in [2.24, 2.45) is 5.73 Å². The van der Waals surface area contributed by atoms with Crippen molar-refractivity contribution >= 4 is 63.3 Å². The second kappa shape index (κ2) is 19.0. The Kier molecular flexibility index (Phi) is 13.7. The van der Waals surface area contributed by atoms with Gasteiger partial charge in [0, 0.05) is 53.5 Å². The van der Waals surface area contributed by atoms with Gasteiger partial charge in [-0.1, -0.05) is 66.7 Å². The minimum absolute atomic E-state index is 0.0254. The van der Waals surface area contributed by atoms with E-state index in [9.17, 15) is 38.7 Å². The normalized spacial score (nSPS) is 13.7. The SMILES string of the molecule is CC(NC(=O)C(Cc1c[nH]c2ccccc12)NC(=O)C(Cc1c[nH]c2ccccc12)NC(=O)C(N)CC(=O)O)C(=O)NC(Cc1ccccc1)C(=O)NCC(=O)O. The Labute approximate surface area is 326 Å². The number of carbonyl (C=O) groups is 7. The number of aromatic amines is 2. The number of rotatable bonds is 19. The second-order valence-corrected chi connectivity index (χ2v) is 13.5. The topological polar surface area (TPSA) is 278 Å². The second-order valence-electron chi connectivity index (χ2n) is 13.5. The summed E-state index contributed by atoms with van der Waals surface area (Å²) in [7, 11) is 0. The largest absolute Gasteiger partial charge is 0.481 e. The lowest BCUT2D eigenvalue weighted by Crippen LogP contribution is -2.59. The average Bonchev–Trinajstić information content (AvgIpc) is 3.79. The first kappa shape index (κ1) is 41.2. The molecule has 17 heteroatoms. The van der Waals surface area contributed by atoms with Crippen LogP contribution in [0.4, 0.5) is 0 Å². The fourth-order valence-electron chi connectivity index (χ4n) is 6.31. The number of aromatic nitrogens is 2. The molecule has 0 aliphatic heterocycles. The van der Waals surface area contributed by atoms with Crippen LogP contribution in [0.3, 0.4) is 0 Å². The third kappa shape index (κ3) is 11.3. The molecule has 0 aliphatic carbocycles. The van der Waals surface area contributed by atoms with Gasteiger partial charge in [0.15, 0.2) is 0 Å². The summed E-state index contributed by atoms with van der Waals surface area (Å²) in [6.45, 7) is 0.713. The first-order valence-corrected chi connectivity index (χ1v) is 18.1. The Morgan fingerprint density at radius 1 is 0.579 bits per heavy atom. The van der Waals surface area contributed by atoms with Gasteiger partial charge < -0.3 is 52.5 Å². The lowest BCUT2D eigenvalue weighted by molar-refractivity contribution is -0.140. The summed E-state index contributed by atoms with van der Waals surface area (Å²) in [5, 5.41) is 32.6. The number of aliphatic carboxylic acids is 2. The maximum absolute atomic E-state index is 14.2. The number of amides is 5. The molecule has 0 radical (unpaired) electrons. The van der Waals surface area contributed by atoms with Crippen LogP contribution in [-0.4, -0.2) is 98.4 Å². The Balaban J connectivity index is 1.38. The molecule has 5 rings (SSSR count). The van der Waals surface area contributed by atoms with Gasteiger partial charge in [0.05, 0.1) is 12.5 Å². The third-order valence-corrected chi connectivity index (χ3v) is 9.28. The number of fused-ring (bicyclic) bond motifs is 2. The van der Waals surface area contributed by atoms with Gasteiger partial charge in [0.25, 0.3) is 0 Å². The fourth-order valence-corrected chi connectivity index (χ4v) is 6.31. The number of nitrogens with two attached hydrogens (primary N) is 1. The van der Waals surface area contributed by atoms with Crippen LogP contribution in [0.5, 0.6) is 0 Å². The van der Waals surface area contributed by atoms with E-state index in [2.05, 4.69) is 36.6 Å². The number of H-pyrrole nitrogens is 2. The van der Waals surface area contributed by atoms with Crippen LogP contribution in [0.1, 0.15) is 30.0 Å². The van der Waals surface area contributed by atoms with E-state index in [0.717, 1.165) is 21.8 Å². The monoisotopic (exact) mass is 780 g/mol. The molecule has 0 saturated heterocycles. The van der Waals surface area contributed by atoms with Crippen molar-refractivity contribution in [2.75, 3.05) is 6.54 Å². The van der Waals surface area contributed by atoms with Crippen molar-refractivity contribution in [2.45, 2.75) is 62.8 Å². The highest BCUT2D eigenvalue weighted by Crippen LogP contribution is 2.21. The number of nitrogens with one attached hydrogen (secondary N) is 7. The summed E-state index contributed by atoms with van der Waals surface area (Å²) in [5.74, 6) is -6.54. The molecule has 5 atom stereocenters. The molecule has 17 nitrogen and oxygen atoms in total. The standard InChI is InChI=1S/C40H44N8O9/c1-22(36(53)46-31(38(55)44-21-35(51)52)15-23-9-3-2-4-10-23)45-39(56)32(16-24-19-42-29-13-7-5-11-26(24)29)48-40(57)33(47-37(54)28(41)18-34(49)50)17-25-20-43-30-14-8-6-12-27(25)30/h2-14,19-20,22,28,31-33,42-43H,15-18,21,41H2,1H3,(H,44,55)(H,45,56)(H,46,53)(H,47,54)(H,48,57)(H,49,50)(H,51,52). The molecular formula is C40H44N8O9. The molecule has 0 aliphatic rings. The molecule has 0 spiro atoms. The van der Waals surface area contributed by atoms with Gasteiger partial charge in [-0.2, -0.15) is 0 Å². The van der Waals surface area contributed by atoms with Gasteiger partial charge in [0.1, 0.15) is 30.7 Å². The van der Waals surface area contributed by atoms with E-state index in [1.165, 1.54) is 6.92 Å². The van der Waals surface area contributed by atoms with E-state index in [1.807, 2.05) is 42.5 Å². The minimum Gasteiger partial charge on any atom is -0.481 e. The van der Waals surface area contributed by atoms with Crippen LogP contribution < -0.4 is 32.3 Å². The van der Waals surface area contributed by atoms with E-state index in [4.69, 9.17) is 10.8 Å². The number of carbonyl (C=O) groups excluding carboxylic acids is 5. The Morgan fingerprint density at radius 3 is 1.60 bits per heavy atom. The first-order valence-electron chi connectivity index (χ1n) is 18.1. The van der Waals surface area contributed by atoms with E-state index in [1.54, 1.807) is 48.8 Å². The van der Waals surface area contributed by atoms with Gasteiger partial charge in [-0.15, -0.1) is 0 Å². The Morgan fingerprint density at radius 2 is 1.05 bits per heavy atom. The fraction of sp³-hybridized carbons (Fsp3) is 0.275.